The van der Waals surface area contributed by atoms with Crippen molar-refractivity contribution in [1.29, 1.82) is 0 Å². The molecule has 112 valence electrons. The summed E-state index contributed by atoms with van der Waals surface area (Å²) in [5.74, 6) is -0.528. The fourth-order valence-electron chi connectivity index (χ4n) is 2.29. The fourth-order valence-corrected chi connectivity index (χ4v) is 3.89. The van der Waals surface area contributed by atoms with Crippen molar-refractivity contribution in [2.45, 2.75) is 5.75 Å². The molecule has 1 N–H and O–H groups in total. The molecule has 0 saturated heterocycles. The molecule has 2 aromatic rings. The second-order valence-corrected chi connectivity index (χ2v) is 7.73. The van der Waals surface area contributed by atoms with Crippen molar-refractivity contribution in [2.24, 2.45) is 0 Å². The summed E-state index contributed by atoms with van der Waals surface area (Å²) in [7, 11) is -3.54. The van der Waals surface area contributed by atoms with Crippen molar-refractivity contribution in [3.63, 3.8) is 0 Å². The van der Waals surface area contributed by atoms with E-state index >= 15 is 0 Å². The van der Waals surface area contributed by atoms with Gasteiger partial charge in [0, 0.05) is 21.1 Å². The predicted molar refractivity (Wildman–Crippen MR) is 89.8 cm³/mol. The number of amides is 1. The highest BCUT2D eigenvalue weighted by molar-refractivity contribution is 9.10. The second-order valence-electron chi connectivity index (χ2n) is 4.96. The number of benzene rings is 2. The molecule has 0 aromatic heterocycles. The molecule has 1 aliphatic rings. The number of hydrogen-bond acceptors (Lipinski definition) is 3. The van der Waals surface area contributed by atoms with Crippen LogP contribution in [0.5, 0.6) is 0 Å². The Morgan fingerprint density at radius 1 is 1.05 bits per heavy atom. The van der Waals surface area contributed by atoms with E-state index in [2.05, 4.69) is 21.2 Å². The second kappa shape index (κ2) is 5.70. The summed E-state index contributed by atoms with van der Waals surface area (Å²) in [4.78, 5) is 12.0. The van der Waals surface area contributed by atoms with Crippen LogP contribution in [0.4, 0.5) is 5.69 Å². The van der Waals surface area contributed by atoms with E-state index in [9.17, 15) is 13.2 Å². The third-order valence-corrected chi connectivity index (χ3v) is 5.15. The van der Waals surface area contributed by atoms with Gasteiger partial charge < -0.3 is 5.32 Å². The number of anilines is 1. The summed E-state index contributed by atoms with van der Waals surface area (Å²) in [5, 5.41) is 3.73. The van der Waals surface area contributed by atoms with Crippen molar-refractivity contribution in [2.75, 3.05) is 5.32 Å². The van der Waals surface area contributed by atoms with Crippen LogP contribution >= 0.6 is 15.9 Å². The maximum absolute atomic E-state index is 12.3. The normalized spacial score (nSPS) is 15.7. The summed E-state index contributed by atoms with van der Waals surface area (Å²) < 4.78 is 25.5. The zero-order valence-electron chi connectivity index (χ0n) is 11.4. The van der Waals surface area contributed by atoms with Gasteiger partial charge in [-0.05, 0) is 23.8 Å². The summed E-state index contributed by atoms with van der Waals surface area (Å²) in [6.45, 7) is 0. The van der Waals surface area contributed by atoms with Crippen LogP contribution in [-0.4, -0.2) is 14.3 Å². The Balaban J connectivity index is 1.93. The van der Waals surface area contributed by atoms with Gasteiger partial charge >= 0.3 is 0 Å². The van der Waals surface area contributed by atoms with Crippen LogP contribution < -0.4 is 5.32 Å². The van der Waals surface area contributed by atoms with Gasteiger partial charge in [0.2, 0.25) is 0 Å². The number of halogens is 1. The highest BCUT2D eigenvalue weighted by Crippen LogP contribution is 2.32. The molecule has 22 heavy (non-hydrogen) atoms. The number of carbonyl (C=O) groups excluding carboxylic acids is 1. The van der Waals surface area contributed by atoms with Crippen LogP contribution in [0.2, 0.25) is 0 Å². The molecule has 0 unspecified atom stereocenters. The molecule has 0 atom stereocenters. The molecule has 1 heterocycles. The van der Waals surface area contributed by atoms with Gasteiger partial charge in [-0.15, -0.1) is 0 Å². The van der Waals surface area contributed by atoms with Crippen LogP contribution in [-0.2, 0) is 20.4 Å². The van der Waals surface area contributed by atoms with E-state index in [0.29, 0.717) is 16.8 Å². The number of para-hydroxylation sites is 1. The first kappa shape index (κ1) is 15.0. The van der Waals surface area contributed by atoms with Crippen molar-refractivity contribution in [3.8, 4) is 0 Å². The Hall–Kier alpha value is -1.92. The van der Waals surface area contributed by atoms with Gasteiger partial charge in [0.1, 0.15) is 0 Å². The number of rotatable bonds is 3. The topological polar surface area (TPSA) is 63.2 Å². The summed E-state index contributed by atoms with van der Waals surface area (Å²) >= 11 is 3.31. The van der Waals surface area contributed by atoms with Crippen molar-refractivity contribution in [1.82, 2.24) is 0 Å². The quantitative estimate of drug-likeness (QED) is 0.834. The number of fused-ring (bicyclic) bond motifs is 1. The number of nitrogens with one attached hydrogen (secondary N) is 1. The minimum Gasteiger partial charge on any atom is -0.321 e. The first-order valence-electron chi connectivity index (χ1n) is 6.54. The Bertz CT molecular complexity index is 871. The predicted octanol–water partition coefficient (Wildman–Crippen LogP) is 3.36. The molecular weight excluding hydrogens is 366 g/mol. The smallest absolute Gasteiger partial charge is 0.257 e. The fraction of sp³-hybridized carbons (Fsp3) is 0.0625. The van der Waals surface area contributed by atoms with E-state index in [-0.39, 0.29) is 17.2 Å². The molecule has 6 heteroatoms. The zero-order valence-corrected chi connectivity index (χ0v) is 13.8. The minimum absolute atomic E-state index is 0.140. The lowest BCUT2D eigenvalue weighted by Gasteiger charge is -2.02. The average molecular weight is 378 g/mol. The van der Waals surface area contributed by atoms with Crippen LogP contribution in [0.15, 0.2) is 58.4 Å². The Labute approximate surface area is 136 Å². The molecule has 0 radical (unpaired) electrons. The number of carbonyl (C=O) groups is 1. The minimum atomic E-state index is -3.54. The number of sulfone groups is 1. The molecule has 1 amide bonds. The van der Waals surface area contributed by atoms with Gasteiger partial charge in [0.25, 0.3) is 5.91 Å². The summed E-state index contributed by atoms with van der Waals surface area (Å²) in [6, 6.07) is 14.1. The molecule has 2 aromatic carbocycles. The largest absolute Gasteiger partial charge is 0.321 e. The van der Waals surface area contributed by atoms with Crippen molar-refractivity contribution >= 4 is 42.9 Å². The van der Waals surface area contributed by atoms with Gasteiger partial charge in [-0.1, -0.05) is 46.3 Å². The van der Waals surface area contributed by atoms with E-state index in [4.69, 9.17) is 0 Å². The first-order valence-corrected chi connectivity index (χ1v) is 9.05. The monoisotopic (exact) mass is 377 g/mol. The third kappa shape index (κ3) is 3.13. The van der Waals surface area contributed by atoms with Crippen molar-refractivity contribution < 1.29 is 13.2 Å². The first-order chi connectivity index (χ1) is 10.4. The Morgan fingerprint density at radius 2 is 1.73 bits per heavy atom. The van der Waals surface area contributed by atoms with Gasteiger partial charge in [-0.25, -0.2) is 8.42 Å². The maximum Gasteiger partial charge on any atom is 0.257 e. The van der Waals surface area contributed by atoms with Crippen LogP contribution in [0.25, 0.3) is 5.57 Å². The van der Waals surface area contributed by atoms with E-state index in [1.165, 1.54) is 0 Å². The summed E-state index contributed by atoms with van der Waals surface area (Å²) in [5.41, 5.74) is 2.11. The lowest BCUT2D eigenvalue weighted by Crippen LogP contribution is -2.07. The van der Waals surface area contributed by atoms with E-state index in [1.54, 1.807) is 48.5 Å². The molecule has 1 aliphatic heterocycles. The van der Waals surface area contributed by atoms with Crippen LogP contribution in [0.3, 0.4) is 0 Å². The zero-order chi connectivity index (χ0) is 15.7. The highest BCUT2D eigenvalue weighted by atomic mass is 79.9. The van der Waals surface area contributed by atoms with Crippen LogP contribution in [0, 0.1) is 0 Å². The van der Waals surface area contributed by atoms with E-state index in [1.807, 2.05) is 0 Å². The van der Waals surface area contributed by atoms with Crippen molar-refractivity contribution in [3.05, 3.63) is 69.5 Å². The molecule has 3 rings (SSSR count). The van der Waals surface area contributed by atoms with Crippen LogP contribution in [0.1, 0.15) is 11.1 Å². The lowest BCUT2D eigenvalue weighted by molar-refractivity contribution is -0.110. The maximum atomic E-state index is 12.3. The Morgan fingerprint density at radius 3 is 2.45 bits per heavy atom. The lowest BCUT2D eigenvalue weighted by atomic mass is 10.1. The molecule has 0 spiro atoms. The Kier molecular flexibility index (Phi) is 3.88. The molecule has 0 aliphatic carbocycles. The van der Waals surface area contributed by atoms with Gasteiger partial charge in [0.15, 0.2) is 9.84 Å². The van der Waals surface area contributed by atoms with Gasteiger partial charge in [-0.3, -0.25) is 4.79 Å². The van der Waals surface area contributed by atoms with Gasteiger partial charge in [-0.2, -0.15) is 0 Å². The molecular formula is C16H12BrNO3S. The molecule has 0 bridgehead atoms. The number of hydrogen-bond donors (Lipinski definition) is 1. The average Bonchev–Trinajstić information content (AvgIpc) is 2.77. The summed E-state index contributed by atoms with van der Waals surface area (Å²) in [6.07, 6.45) is 0. The highest BCUT2D eigenvalue weighted by Gasteiger charge is 2.25. The van der Waals surface area contributed by atoms with E-state index < -0.39 is 9.84 Å². The SMILES string of the molecule is O=C1Nc2ccccc2C1=CS(=O)(=O)Cc1ccc(Br)cc1. The molecule has 0 fully saturated rings. The van der Waals surface area contributed by atoms with Gasteiger partial charge in [0.05, 0.1) is 11.3 Å². The standard InChI is InChI=1S/C16H12BrNO3S/c17-12-7-5-11(6-8-12)9-22(20,21)10-14-13-3-1-2-4-15(13)18-16(14)19/h1-8,10H,9H2,(H,18,19). The molecule has 0 saturated carbocycles. The molecule has 4 nitrogen and oxygen atoms in total. The third-order valence-electron chi connectivity index (χ3n) is 3.29. The van der Waals surface area contributed by atoms with E-state index in [0.717, 1.165) is 9.88 Å².